The smallest absolute Gasteiger partial charge is 0.258 e. The van der Waals surface area contributed by atoms with E-state index >= 15 is 0 Å². The molecule has 1 aromatic carbocycles. The second-order valence-electron chi connectivity index (χ2n) is 4.72. The molecule has 1 heterocycles. The quantitative estimate of drug-likeness (QED) is 0.866. The molecule has 0 amide bonds. The van der Waals surface area contributed by atoms with Gasteiger partial charge in [-0.05, 0) is 32.9 Å². The lowest BCUT2D eigenvalue weighted by Crippen LogP contribution is -2.23. The highest BCUT2D eigenvalue weighted by Gasteiger charge is 2.27. The number of ether oxygens (including phenoxy) is 1. The van der Waals surface area contributed by atoms with Crippen LogP contribution in [0.3, 0.4) is 0 Å². The van der Waals surface area contributed by atoms with E-state index in [0.29, 0.717) is 39.6 Å². The number of hydrogen-bond acceptors (Lipinski definition) is 5. The van der Waals surface area contributed by atoms with E-state index in [4.69, 9.17) is 38.2 Å². The second-order valence-corrected chi connectivity index (χ2v) is 5.53. The van der Waals surface area contributed by atoms with Gasteiger partial charge in [0, 0.05) is 12.2 Å². The lowest BCUT2D eigenvalue weighted by atomic mass is 10.1. The molecular formula is C13H15Cl2N3O2. The first-order valence-electron chi connectivity index (χ1n) is 6.08. The minimum Gasteiger partial charge on any atom is -0.396 e. The fraction of sp³-hybridized carbons (Fsp3) is 0.385. The van der Waals surface area contributed by atoms with Crippen molar-refractivity contribution in [2.75, 3.05) is 12.3 Å². The summed E-state index contributed by atoms with van der Waals surface area (Å²) < 4.78 is 10.8. The van der Waals surface area contributed by atoms with Crippen LogP contribution in [0.4, 0.5) is 5.69 Å². The van der Waals surface area contributed by atoms with Gasteiger partial charge in [-0.25, -0.2) is 0 Å². The number of rotatable bonds is 4. The van der Waals surface area contributed by atoms with Crippen molar-refractivity contribution < 1.29 is 9.26 Å². The highest BCUT2D eigenvalue weighted by molar-refractivity contribution is 6.39. The first-order valence-corrected chi connectivity index (χ1v) is 6.83. The van der Waals surface area contributed by atoms with Crippen molar-refractivity contribution >= 4 is 28.9 Å². The van der Waals surface area contributed by atoms with Crippen LogP contribution in [0.5, 0.6) is 0 Å². The molecule has 5 nitrogen and oxygen atoms in total. The van der Waals surface area contributed by atoms with Crippen molar-refractivity contribution in [1.82, 2.24) is 10.1 Å². The van der Waals surface area contributed by atoms with E-state index in [-0.39, 0.29) is 0 Å². The van der Waals surface area contributed by atoms with Crippen molar-refractivity contribution in [3.63, 3.8) is 0 Å². The minimum atomic E-state index is -0.627. The predicted octanol–water partition coefficient (Wildman–Crippen LogP) is 3.90. The first-order chi connectivity index (χ1) is 9.35. The molecule has 0 unspecified atom stereocenters. The normalized spacial score (nSPS) is 11.8. The molecule has 108 valence electrons. The van der Waals surface area contributed by atoms with Gasteiger partial charge in [-0.2, -0.15) is 4.98 Å². The average molecular weight is 316 g/mol. The molecule has 0 radical (unpaired) electrons. The van der Waals surface area contributed by atoms with Crippen LogP contribution in [0.2, 0.25) is 10.0 Å². The van der Waals surface area contributed by atoms with Crippen LogP contribution in [0.15, 0.2) is 16.7 Å². The first kappa shape index (κ1) is 15.1. The van der Waals surface area contributed by atoms with Crippen LogP contribution in [0.25, 0.3) is 11.5 Å². The average Bonchev–Trinajstić information content (AvgIpc) is 2.85. The van der Waals surface area contributed by atoms with Crippen molar-refractivity contribution in [3.8, 4) is 11.5 Å². The topological polar surface area (TPSA) is 74.2 Å². The Bertz CT molecular complexity index is 603. The molecule has 2 rings (SSSR count). The third kappa shape index (κ3) is 2.90. The Balaban J connectivity index is 2.39. The summed E-state index contributed by atoms with van der Waals surface area (Å²) >= 11 is 12.0. The molecule has 0 bridgehead atoms. The monoisotopic (exact) mass is 315 g/mol. The van der Waals surface area contributed by atoms with Gasteiger partial charge in [0.25, 0.3) is 5.89 Å². The predicted molar refractivity (Wildman–Crippen MR) is 78.8 cm³/mol. The van der Waals surface area contributed by atoms with Crippen LogP contribution in [-0.4, -0.2) is 16.7 Å². The highest BCUT2D eigenvalue weighted by atomic mass is 35.5. The van der Waals surface area contributed by atoms with Crippen LogP contribution in [-0.2, 0) is 10.3 Å². The summed E-state index contributed by atoms with van der Waals surface area (Å²) in [5.41, 5.74) is 6.00. The van der Waals surface area contributed by atoms with Gasteiger partial charge in [-0.3, -0.25) is 0 Å². The summed E-state index contributed by atoms with van der Waals surface area (Å²) in [6.07, 6.45) is 0. The Morgan fingerprint density at radius 3 is 2.45 bits per heavy atom. The van der Waals surface area contributed by atoms with E-state index < -0.39 is 5.60 Å². The van der Waals surface area contributed by atoms with Crippen LogP contribution in [0.1, 0.15) is 26.6 Å². The number of aromatic nitrogens is 2. The van der Waals surface area contributed by atoms with Crippen LogP contribution < -0.4 is 5.73 Å². The molecule has 2 N–H and O–H groups in total. The number of anilines is 1. The second kappa shape index (κ2) is 5.60. The maximum Gasteiger partial charge on any atom is 0.258 e. The summed E-state index contributed by atoms with van der Waals surface area (Å²) in [6.45, 7) is 6.20. The summed E-state index contributed by atoms with van der Waals surface area (Å²) in [5, 5.41) is 4.62. The number of nitrogens with two attached hydrogens (primary N) is 1. The van der Waals surface area contributed by atoms with E-state index in [9.17, 15) is 0 Å². The van der Waals surface area contributed by atoms with Gasteiger partial charge in [0.2, 0.25) is 5.82 Å². The molecule has 0 saturated carbocycles. The Labute approximate surface area is 127 Å². The Morgan fingerprint density at radius 2 is 1.90 bits per heavy atom. The lowest BCUT2D eigenvalue weighted by Gasteiger charge is -2.19. The Morgan fingerprint density at radius 1 is 1.30 bits per heavy atom. The van der Waals surface area contributed by atoms with Crippen LogP contribution >= 0.6 is 23.2 Å². The van der Waals surface area contributed by atoms with Crippen molar-refractivity contribution in [3.05, 3.63) is 28.0 Å². The number of nitrogen functional groups attached to an aromatic ring is 1. The maximum absolute atomic E-state index is 5.99. The van der Waals surface area contributed by atoms with Crippen molar-refractivity contribution in [2.24, 2.45) is 0 Å². The fourth-order valence-electron chi connectivity index (χ4n) is 1.72. The van der Waals surface area contributed by atoms with Crippen LogP contribution in [0, 0.1) is 0 Å². The third-order valence-corrected chi connectivity index (χ3v) is 3.42. The number of halogens is 2. The number of benzene rings is 1. The molecule has 0 saturated heterocycles. The molecule has 20 heavy (non-hydrogen) atoms. The van der Waals surface area contributed by atoms with E-state index in [2.05, 4.69) is 10.1 Å². The number of nitrogens with zero attached hydrogens (tertiary/aromatic N) is 2. The molecule has 7 heteroatoms. The number of hydrogen-bond donors (Lipinski definition) is 1. The fourth-order valence-corrected chi connectivity index (χ4v) is 2.21. The molecule has 1 aromatic heterocycles. The van der Waals surface area contributed by atoms with Gasteiger partial charge >= 0.3 is 0 Å². The van der Waals surface area contributed by atoms with E-state index in [1.165, 1.54) is 0 Å². The Hall–Kier alpha value is -1.30. The molecule has 0 aliphatic carbocycles. The van der Waals surface area contributed by atoms with Gasteiger partial charge in [0.05, 0.1) is 15.7 Å². The summed E-state index contributed by atoms with van der Waals surface area (Å²) in [4.78, 5) is 4.32. The standard InChI is InChI=1S/C13H15Cl2N3O2/c1-4-19-13(2,3)12-17-11(20-18-12)7-5-8(14)10(16)9(15)6-7/h5-6H,4,16H2,1-3H3. The van der Waals surface area contributed by atoms with Gasteiger partial charge in [-0.1, -0.05) is 28.4 Å². The SMILES string of the molecule is CCOC(C)(C)c1noc(-c2cc(Cl)c(N)c(Cl)c2)n1. The third-order valence-electron chi connectivity index (χ3n) is 2.80. The van der Waals surface area contributed by atoms with E-state index in [0.717, 1.165) is 0 Å². The zero-order valence-corrected chi connectivity index (χ0v) is 12.9. The van der Waals surface area contributed by atoms with Gasteiger partial charge < -0.3 is 15.0 Å². The maximum atomic E-state index is 5.99. The zero-order valence-electron chi connectivity index (χ0n) is 11.4. The highest BCUT2D eigenvalue weighted by Crippen LogP contribution is 2.33. The zero-order chi connectivity index (χ0) is 14.9. The molecule has 0 aliphatic rings. The van der Waals surface area contributed by atoms with E-state index in [1.807, 2.05) is 20.8 Å². The Kier molecular flexibility index (Phi) is 4.22. The molecule has 0 spiro atoms. The molecule has 0 aliphatic heterocycles. The largest absolute Gasteiger partial charge is 0.396 e. The summed E-state index contributed by atoms with van der Waals surface area (Å²) in [7, 11) is 0. The molecular weight excluding hydrogens is 301 g/mol. The lowest BCUT2D eigenvalue weighted by molar-refractivity contribution is -0.0221. The van der Waals surface area contributed by atoms with Crippen molar-refractivity contribution in [2.45, 2.75) is 26.4 Å². The molecule has 0 atom stereocenters. The molecule has 0 fully saturated rings. The summed E-state index contributed by atoms with van der Waals surface area (Å²) in [5.74, 6) is 0.773. The van der Waals surface area contributed by atoms with Gasteiger partial charge in [-0.15, -0.1) is 0 Å². The van der Waals surface area contributed by atoms with Gasteiger partial charge in [0.15, 0.2) is 0 Å². The van der Waals surface area contributed by atoms with Gasteiger partial charge in [0.1, 0.15) is 5.60 Å². The van der Waals surface area contributed by atoms with E-state index in [1.54, 1.807) is 12.1 Å². The molecule has 2 aromatic rings. The summed E-state index contributed by atoms with van der Waals surface area (Å²) in [6, 6.07) is 3.27. The van der Waals surface area contributed by atoms with Crippen molar-refractivity contribution in [1.29, 1.82) is 0 Å². The minimum absolute atomic E-state index is 0.316.